The van der Waals surface area contributed by atoms with Crippen LogP contribution in [0.15, 0.2) is 45.8 Å². The first-order valence-corrected chi connectivity index (χ1v) is 8.75. The van der Waals surface area contributed by atoms with E-state index in [1.807, 2.05) is 0 Å². The maximum absolute atomic E-state index is 13.1. The van der Waals surface area contributed by atoms with Crippen molar-refractivity contribution in [3.8, 4) is 28.4 Å². The molecule has 4 rings (SSSR count). The Labute approximate surface area is 160 Å². The van der Waals surface area contributed by atoms with E-state index in [0.29, 0.717) is 16.9 Å². The molecular weight excluding hydrogens is 364 g/mol. The summed E-state index contributed by atoms with van der Waals surface area (Å²) < 4.78 is 16.9. The van der Waals surface area contributed by atoms with Crippen LogP contribution in [0.4, 0.5) is 0 Å². The molecule has 0 saturated carbocycles. The first-order chi connectivity index (χ1) is 13.2. The van der Waals surface area contributed by atoms with Crippen molar-refractivity contribution in [2.45, 2.75) is 31.7 Å². The standard InChI is InChI=1S/C21H20O7/c1-21(2,25)20-19(26-3)16-14(28-20)8-13-15(18(16)24)17(23)12(9-27-13)10-4-6-11(22)7-5-10/h4-9,19-20,22,24-25H,1-3H3/t19-,20+/m0/s1. The number of rotatable bonds is 3. The molecule has 146 valence electrons. The molecule has 2 heterocycles. The Bertz CT molecular complexity index is 1110. The highest BCUT2D eigenvalue weighted by atomic mass is 16.6. The Morgan fingerprint density at radius 1 is 1.14 bits per heavy atom. The number of phenols is 2. The van der Waals surface area contributed by atoms with E-state index >= 15 is 0 Å². The Morgan fingerprint density at radius 2 is 1.82 bits per heavy atom. The molecule has 7 nitrogen and oxygen atoms in total. The number of phenolic OH excluding ortho intramolecular Hbond substituents is 2. The predicted molar refractivity (Wildman–Crippen MR) is 102 cm³/mol. The quantitative estimate of drug-likeness (QED) is 0.636. The van der Waals surface area contributed by atoms with Crippen LogP contribution in [0.1, 0.15) is 25.5 Å². The molecule has 1 aliphatic heterocycles. The fourth-order valence-electron chi connectivity index (χ4n) is 3.58. The van der Waals surface area contributed by atoms with Crippen LogP contribution >= 0.6 is 0 Å². The van der Waals surface area contributed by atoms with Crippen molar-refractivity contribution in [2.75, 3.05) is 7.11 Å². The second-order valence-electron chi connectivity index (χ2n) is 7.38. The first-order valence-electron chi connectivity index (χ1n) is 8.75. The first kappa shape index (κ1) is 18.3. The Morgan fingerprint density at radius 3 is 2.43 bits per heavy atom. The molecule has 0 saturated heterocycles. The van der Waals surface area contributed by atoms with Crippen LogP contribution in [0.5, 0.6) is 17.2 Å². The summed E-state index contributed by atoms with van der Waals surface area (Å²) >= 11 is 0. The fourth-order valence-corrected chi connectivity index (χ4v) is 3.58. The SMILES string of the molecule is CO[C@H]1c2c(cc3occ(-c4ccc(O)cc4)c(=O)c3c2O)O[C@H]1C(C)(C)O. The van der Waals surface area contributed by atoms with Crippen molar-refractivity contribution in [3.05, 3.63) is 52.4 Å². The molecule has 2 aromatic carbocycles. The van der Waals surface area contributed by atoms with Gasteiger partial charge in [-0.2, -0.15) is 0 Å². The van der Waals surface area contributed by atoms with Gasteiger partial charge < -0.3 is 29.2 Å². The van der Waals surface area contributed by atoms with Gasteiger partial charge in [-0.15, -0.1) is 0 Å². The zero-order chi connectivity index (χ0) is 20.2. The molecule has 3 aromatic rings. The number of ether oxygens (including phenoxy) is 2. The Kier molecular flexibility index (Phi) is 4.10. The van der Waals surface area contributed by atoms with Gasteiger partial charge in [-0.05, 0) is 31.5 Å². The van der Waals surface area contributed by atoms with Crippen LogP contribution in [-0.4, -0.2) is 34.1 Å². The highest BCUT2D eigenvalue weighted by Gasteiger charge is 2.46. The van der Waals surface area contributed by atoms with Crippen molar-refractivity contribution in [1.82, 2.24) is 0 Å². The summed E-state index contributed by atoms with van der Waals surface area (Å²) in [5.41, 5.74) is -0.412. The van der Waals surface area contributed by atoms with Gasteiger partial charge in [0, 0.05) is 13.2 Å². The Balaban J connectivity index is 1.94. The number of methoxy groups -OCH3 is 1. The Hall–Kier alpha value is -3.03. The molecular formula is C21H20O7. The lowest BCUT2D eigenvalue weighted by molar-refractivity contribution is -0.0884. The monoisotopic (exact) mass is 384 g/mol. The lowest BCUT2D eigenvalue weighted by atomic mass is 9.93. The van der Waals surface area contributed by atoms with Crippen LogP contribution in [0.25, 0.3) is 22.1 Å². The zero-order valence-electron chi connectivity index (χ0n) is 15.6. The molecule has 0 bridgehead atoms. The van der Waals surface area contributed by atoms with Gasteiger partial charge in [0.05, 0.1) is 16.7 Å². The molecule has 2 atom stereocenters. The largest absolute Gasteiger partial charge is 0.508 e. The van der Waals surface area contributed by atoms with Crippen molar-refractivity contribution < 1.29 is 29.2 Å². The summed E-state index contributed by atoms with van der Waals surface area (Å²) in [6.07, 6.45) is -0.211. The van der Waals surface area contributed by atoms with Gasteiger partial charge in [0.2, 0.25) is 5.43 Å². The third kappa shape index (κ3) is 2.71. The topological polar surface area (TPSA) is 109 Å². The molecule has 0 unspecified atom stereocenters. The maximum Gasteiger partial charge on any atom is 0.204 e. The van der Waals surface area contributed by atoms with Crippen molar-refractivity contribution in [1.29, 1.82) is 0 Å². The lowest BCUT2D eigenvalue weighted by Gasteiger charge is -2.28. The van der Waals surface area contributed by atoms with Crippen molar-refractivity contribution >= 4 is 11.0 Å². The van der Waals surface area contributed by atoms with Gasteiger partial charge in [0.1, 0.15) is 40.6 Å². The lowest BCUT2D eigenvalue weighted by Crippen LogP contribution is -2.42. The maximum atomic E-state index is 13.1. The van der Waals surface area contributed by atoms with E-state index in [9.17, 15) is 20.1 Å². The van der Waals surface area contributed by atoms with Crippen molar-refractivity contribution in [3.63, 3.8) is 0 Å². The van der Waals surface area contributed by atoms with Gasteiger partial charge >= 0.3 is 0 Å². The van der Waals surface area contributed by atoms with Crippen LogP contribution in [-0.2, 0) is 4.74 Å². The summed E-state index contributed by atoms with van der Waals surface area (Å²) in [6, 6.07) is 7.62. The summed E-state index contributed by atoms with van der Waals surface area (Å²) in [5.74, 6) is 0.0809. The molecule has 3 N–H and O–H groups in total. The van der Waals surface area contributed by atoms with Crippen LogP contribution in [0.2, 0.25) is 0 Å². The van der Waals surface area contributed by atoms with Crippen LogP contribution in [0.3, 0.4) is 0 Å². The normalized spacial score (nSPS) is 18.9. The van der Waals surface area contributed by atoms with E-state index in [0.717, 1.165) is 0 Å². The molecule has 0 spiro atoms. The minimum absolute atomic E-state index is 0.00590. The van der Waals surface area contributed by atoms with Gasteiger partial charge in [0.15, 0.2) is 6.10 Å². The van der Waals surface area contributed by atoms with Gasteiger partial charge in [-0.1, -0.05) is 12.1 Å². The molecule has 0 amide bonds. The fraction of sp³-hybridized carbons (Fsp3) is 0.286. The number of benzene rings is 2. The van der Waals surface area contributed by atoms with E-state index in [1.165, 1.54) is 31.6 Å². The minimum Gasteiger partial charge on any atom is -0.508 e. The third-order valence-electron chi connectivity index (χ3n) is 4.98. The second-order valence-corrected chi connectivity index (χ2v) is 7.38. The highest BCUT2D eigenvalue weighted by Crippen LogP contribution is 2.49. The number of hydrogen-bond acceptors (Lipinski definition) is 7. The third-order valence-corrected chi connectivity index (χ3v) is 4.98. The number of hydrogen-bond donors (Lipinski definition) is 3. The average molecular weight is 384 g/mol. The van der Waals surface area contributed by atoms with Crippen molar-refractivity contribution in [2.24, 2.45) is 0 Å². The van der Waals surface area contributed by atoms with E-state index in [2.05, 4.69) is 0 Å². The molecule has 0 aliphatic carbocycles. The zero-order valence-corrected chi connectivity index (χ0v) is 15.6. The molecule has 1 aromatic heterocycles. The molecule has 28 heavy (non-hydrogen) atoms. The number of aliphatic hydroxyl groups is 1. The molecule has 7 heteroatoms. The summed E-state index contributed by atoms with van der Waals surface area (Å²) in [4.78, 5) is 13.1. The number of fused-ring (bicyclic) bond motifs is 2. The minimum atomic E-state index is -1.24. The highest BCUT2D eigenvalue weighted by molar-refractivity contribution is 5.90. The van der Waals surface area contributed by atoms with E-state index < -0.39 is 23.2 Å². The van der Waals surface area contributed by atoms with Crippen LogP contribution < -0.4 is 10.2 Å². The van der Waals surface area contributed by atoms with Gasteiger partial charge in [0.25, 0.3) is 0 Å². The molecule has 0 radical (unpaired) electrons. The average Bonchev–Trinajstić information content (AvgIpc) is 3.02. The molecule has 1 aliphatic rings. The van der Waals surface area contributed by atoms with Gasteiger partial charge in [-0.3, -0.25) is 4.79 Å². The summed E-state index contributed by atoms with van der Waals surface area (Å²) in [5, 5.41) is 30.8. The predicted octanol–water partition coefficient (Wildman–Crippen LogP) is 3.09. The molecule has 0 fully saturated rings. The van der Waals surface area contributed by atoms with E-state index in [1.54, 1.807) is 26.0 Å². The van der Waals surface area contributed by atoms with E-state index in [4.69, 9.17) is 13.9 Å². The second kappa shape index (κ2) is 6.25. The number of aromatic hydroxyl groups is 2. The van der Waals surface area contributed by atoms with Crippen LogP contribution in [0, 0.1) is 0 Å². The summed E-state index contributed by atoms with van der Waals surface area (Å²) in [6.45, 7) is 3.16. The van der Waals surface area contributed by atoms with E-state index in [-0.39, 0.29) is 28.0 Å². The summed E-state index contributed by atoms with van der Waals surface area (Å²) in [7, 11) is 1.45. The smallest absolute Gasteiger partial charge is 0.204 e. The van der Waals surface area contributed by atoms with Gasteiger partial charge in [-0.25, -0.2) is 0 Å².